The second-order valence-corrected chi connectivity index (χ2v) is 9.99. The molecule has 0 spiro atoms. The number of benzene rings is 1. The number of rotatable bonds is 8. The van der Waals surface area contributed by atoms with Gasteiger partial charge in [-0.05, 0) is 93.1 Å². The van der Waals surface area contributed by atoms with E-state index in [0.29, 0.717) is 12.0 Å². The number of carboxylic acids is 1. The number of methoxy groups -OCH3 is 1. The van der Waals surface area contributed by atoms with Gasteiger partial charge in [0, 0.05) is 18.0 Å². The summed E-state index contributed by atoms with van der Waals surface area (Å²) < 4.78 is 5.58. The summed E-state index contributed by atoms with van der Waals surface area (Å²) in [6.07, 6.45) is 7.59. The molecule has 1 aromatic carbocycles. The molecule has 2 saturated carbocycles. The SMILES string of the molecule is COc1ccc2c(c1)[C@@]1(CCNC3(C(=O)O)CC3)CCN(CC3CC3)C(C2)[C@H]1C. The summed E-state index contributed by atoms with van der Waals surface area (Å²) in [5.41, 5.74) is 2.37. The Hall–Kier alpha value is -1.59. The van der Waals surface area contributed by atoms with Crippen LogP contribution in [0.25, 0.3) is 0 Å². The van der Waals surface area contributed by atoms with Gasteiger partial charge >= 0.3 is 5.97 Å². The van der Waals surface area contributed by atoms with Crippen molar-refractivity contribution in [3.8, 4) is 5.75 Å². The van der Waals surface area contributed by atoms with Crippen molar-refractivity contribution in [2.45, 2.75) is 68.9 Å². The van der Waals surface area contributed by atoms with Crippen LogP contribution in [0.1, 0.15) is 56.6 Å². The normalized spacial score (nSPS) is 32.5. The van der Waals surface area contributed by atoms with Gasteiger partial charge in [0.25, 0.3) is 0 Å². The first-order valence-corrected chi connectivity index (χ1v) is 11.4. The number of carboxylic acid groups (broad SMARTS) is 1. The van der Waals surface area contributed by atoms with Crippen molar-refractivity contribution in [3.63, 3.8) is 0 Å². The second kappa shape index (κ2) is 6.98. The van der Waals surface area contributed by atoms with Crippen LogP contribution in [0.4, 0.5) is 0 Å². The van der Waals surface area contributed by atoms with Crippen LogP contribution >= 0.6 is 0 Å². The standard InChI is InChI=1S/C24H34N2O3/c1-16-21-13-18-5-6-19(29-2)14-20(18)23(16,10-12-26(21)15-17-3-4-17)9-11-25-24(7-8-24)22(27)28/h5-6,14,16-17,21,25H,3-4,7-13,15H2,1-2H3,(H,27,28)/t16-,21?,23+/m1/s1. The van der Waals surface area contributed by atoms with E-state index in [2.05, 4.69) is 35.3 Å². The third kappa shape index (κ3) is 3.27. The number of nitrogens with zero attached hydrogens (tertiary/aromatic N) is 1. The van der Waals surface area contributed by atoms with Gasteiger partial charge in [-0.15, -0.1) is 0 Å². The monoisotopic (exact) mass is 398 g/mol. The number of fused-ring (bicyclic) bond motifs is 4. The molecule has 5 heteroatoms. The van der Waals surface area contributed by atoms with E-state index in [9.17, 15) is 9.90 Å². The minimum atomic E-state index is -0.689. The number of carbonyl (C=O) groups is 1. The minimum Gasteiger partial charge on any atom is -0.497 e. The largest absolute Gasteiger partial charge is 0.497 e. The number of hydrogen-bond donors (Lipinski definition) is 2. The van der Waals surface area contributed by atoms with Gasteiger partial charge in [0.1, 0.15) is 11.3 Å². The predicted molar refractivity (Wildman–Crippen MR) is 112 cm³/mol. The molecule has 158 valence electrons. The van der Waals surface area contributed by atoms with E-state index in [4.69, 9.17) is 4.74 Å². The van der Waals surface area contributed by atoms with Gasteiger partial charge in [0.2, 0.25) is 0 Å². The summed E-state index contributed by atoms with van der Waals surface area (Å²) in [4.78, 5) is 14.4. The number of piperidine rings is 1. The van der Waals surface area contributed by atoms with Crippen molar-refractivity contribution < 1.29 is 14.6 Å². The average molecular weight is 399 g/mol. The highest BCUT2D eigenvalue weighted by molar-refractivity contribution is 5.82. The predicted octanol–water partition coefficient (Wildman–Crippen LogP) is 3.21. The first-order valence-electron chi connectivity index (χ1n) is 11.4. The zero-order chi connectivity index (χ0) is 20.2. The molecule has 3 fully saturated rings. The van der Waals surface area contributed by atoms with Gasteiger partial charge < -0.3 is 15.2 Å². The van der Waals surface area contributed by atoms with E-state index in [-0.39, 0.29) is 5.41 Å². The summed E-state index contributed by atoms with van der Waals surface area (Å²) in [6.45, 7) is 5.63. The number of ether oxygens (including phenoxy) is 1. The third-order valence-corrected chi connectivity index (χ3v) is 8.43. The van der Waals surface area contributed by atoms with Gasteiger partial charge in [-0.25, -0.2) is 0 Å². The fraction of sp³-hybridized carbons (Fsp3) is 0.708. The van der Waals surface area contributed by atoms with E-state index in [1.54, 1.807) is 7.11 Å². The van der Waals surface area contributed by atoms with Gasteiger partial charge in [0.05, 0.1) is 7.11 Å². The van der Waals surface area contributed by atoms with Crippen LogP contribution in [-0.4, -0.2) is 54.3 Å². The smallest absolute Gasteiger partial charge is 0.323 e. The maximum absolute atomic E-state index is 11.6. The fourth-order valence-corrected chi connectivity index (χ4v) is 6.12. The van der Waals surface area contributed by atoms with Crippen LogP contribution in [0, 0.1) is 11.8 Å². The molecule has 1 saturated heterocycles. The molecule has 4 aliphatic rings. The van der Waals surface area contributed by atoms with Gasteiger partial charge in [-0.1, -0.05) is 13.0 Å². The Morgan fingerprint density at radius 2 is 2.10 bits per heavy atom. The lowest BCUT2D eigenvalue weighted by molar-refractivity contribution is -0.140. The summed E-state index contributed by atoms with van der Waals surface area (Å²) in [5.74, 6) is 1.73. The highest BCUT2D eigenvalue weighted by Crippen LogP contribution is 2.52. The molecule has 29 heavy (non-hydrogen) atoms. The maximum atomic E-state index is 11.6. The number of nitrogens with one attached hydrogen (secondary N) is 1. The Morgan fingerprint density at radius 3 is 2.76 bits per heavy atom. The molecule has 0 aromatic heterocycles. The zero-order valence-corrected chi connectivity index (χ0v) is 17.7. The van der Waals surface area contributed by atoms with Crippen molar-refractivity contribution in [1.82, 2.24) is 10.2 Å². The quantitative estimate of drug-likeness (QED) is 0.704. The molecule has 3 aliphatic carbocycles. The average Bonchev–Trinajstić information content (AvgIpc) is 3.62. The second-order valence-electron chi connectivity index (χ2n) is 9.99. The molecule has 1 unspecified atom stereocenters. The Balaban J connectivity index is 1.43. The van der Waals surface area contributed by atoms with Crippen molar-refractivity contribution >= 4 is 5.97 Å². The Kier molecular flexibility index (Phi) is 4.67. The first kappa shape index (κ1) is 19.4. The Bertz CT molecular complexity index is 801. The molecule has 1 aliphatic heterocycles. The van der Waals surface area contributed by atoms with Crippen molar-refractivity contribution in [2.75, 3.05) is 26.7 Å². The molecule has 5 rings (SSSR count). The molecule has 3 atom stereocenters. The van der Waals surface area contributed by atoms with Crippen LogP contribution in [0.3, 0.4) is 0 Å². The number of likely N-dealkylation sites (tertiary alicyclic amines) is 1. The lowest BCUT2D eigenvalue weighted by atomic mass is 9.56. The maximum Gasteiger partial charge on any atom is 0.323 e. The topological polar surface area (TPSA) is 61.8 Å². The van der Waals surface area contributed by atoms with Crippen LogP contribution in [0.15, 0.2) is 18.2 Å². The first-order chi connectivity index (χ1) is 14.0. The van der Waals surface area contributed by atoms with Crippen LogP contribution < -0.4 is 10.1 Å². The van der Waals surface area contributed by atoms with Gasteiger partial charge in [-0.3, -0.25) is 9.69 Å². The summed E-state index contributed by atoms with van der Waals surface area (Å²) >= 11 is 0. The van der Waals surface area contributed by atoms with Crippen LogP contribution in [0.2, 0.25) is 0 Å². The van der Waals surface area contributed by atoms with E-state index in [0.717, 1.165) is 56.9 Å². The minimum absolute atomic E-state index is 0.106. The summed E-state index contributed by atoms with van der Waals surface area (Å²) in [5, 5.41) is 12.9. The van der Waals surface area contributed by atoms with Crippen molar-refractivity contribution in [2.24, 2.45) is 11.8 Å². The zero-order valence-electron chi connectivity index (χ0n) is 17.7. The molecular formula is C24H34N2O3. The number of aliphatic carboxylic acids is 1. The molecule has 5 nitrogen and oxygen atoms in total. The summed E-state index contributed by atoms with van der Waals surface area (Å²) in [7, 11) is 1.74. The summed E-state index contributed by atoms with van der Waals surface area (Å²) in [6, 6.07) is 7.24. The molecule has 0 amide bonds. The van der Waals surface area contributed by atoms with E-state index < -0.39 is 11.5 Å². The Labute approximate surface area is 173 Å². The fourth-order valence-electron chi connectivity index (χ4n) is 6.12. The molecule has 2 N–H and O–H groups in total. The molecule has 1 aromatic rings. The van der Waals surface area contributed by atoms with Gasteiger partial charge in [-0.2, -0.15) is 0 Å². The highest BCUT2D eigenvalue weighted by Gasteiger charge is 2.53. The lowest BCUT2D eigenvalue weighted by Crippen LogP contribution is -2.60. The third-order valence-electron chi connectivity index (χ3n) is 8.43. The van der Waals surface area contributed by atoms with Crippen LogP contribution in [0.5, 0.6) is 5.75 Å². The molecule has 1 heterocycles. The van der Waals surface area contributed by atoms with Crippen molar-refractivity contribution in [1.29, 1.82) is 0 Å². The van der Waals surface area contributed by atoms with Crippen molar-refractivity contribution in [3.05, 3.63) is 29.3 Å². The van der Waals surface area contributed by atoms with E-state index in [1.807, 2.05) is 0 Å². The highest BCUT2D eigenvalue weighted by atomic mass is 16.5. The molecule has 2 bridgehead atoms. The van der Waals surface area contributed by atoms with Crippen LogP contribution in [-0.2, 0) is 16.6 Å². The Morgan fingerprint density at radius 1 is 1.31 bits per heavy atom. The molecular weight excluding hydrogens is 364 g/mol. The van der Waals surface area contributed by atoms with Gasteiger partial charge in [0.15, 0.2) is 0 Å². The van der Waals surface area contributed by atoms with E-state index in [1.165, 1.54) is 30.5 Å². The lowest BCUT2D eigenvalue weighted by Gasteiger charge is -2.56. The van der Waals surface area contributed by atoms with E-state index >= 15 is 0 Å². The number of hydrogen-bond acceptors (Lipinski definition) is 4. The molecule has 0 radical (unpaired) electrons.